The van der Waals surface area contributed by atoms with Crippen LogP contribution in [-0.4, -0.2) is 29.9 Å². The van der Waals surface area contributed by atoms with Crippen molar-refractivity contribution in [1.82, 2.24) is 10.2 Å². The Morgan fingerprint density at radius 3 is 2.84 bits per heavy atom. The highest BCUT2D eigenvalue weighted by Gasteiger charge is 2.27. The lowest BCUT2D eigenvalue weighted by molar-refractivity contribution is -0.126. The van der Waals surface area contributed by atoms with E-state index in [1.54, 1.807) is 6.07 Å². The van der Waals surface area contributed by atoms with Crippen LogP contribution in [0.3, 0.4) is 0 Å². The summed E-state index contributed by atoms with van der Waals surface area (Å²) < 4.78 is 5.76. The number of urea groups is 1. The van der Waals surface area contributed by atoms with Crippen LogP contribution in [0.1, 0.15) is 18.6 Å². The molecule has 132 valence electrons. The minimum atomic E-state index is -0.479. The van der Waals surface area contributed by atoms with Crippen molar-refractivity contribution in [2.45, 2.75) is 19.4 Å². The van der Waals surface area contributed by atoms with Crippen molar-refractivity contribution in [3.63, 3.8) is 0 Å². The fraction of sp³-hybridized carbons (Fsp3) is 0.333. The number of primary amides is 1. The molecule has 2 heterocycles. The van der Waals surface area contributed by atoms with Crippen LogP contribution in [0, 0.1) is 5.92 Å². The molecule has 25 heavy (non-hydrogen) atoms. The largest absolute Gasteiger partial charge is 0.459 e. The topological polar surface area (TPSA) is 88.6 Å². The first-order chi connectivity index (χ1) is 12.0. The molecule has 1 aliphatic rings. The molecule has 0 radical (unpaired) electrons. The van der Waals surface area contributed by atoms with Gasteiger partial charge >= 0.3 is 6.03 Å². The van der Waals surface area contributed by atoms with Crippen LogP contribution in [-0.2, 0) is 11.3 Å². The molecule has 0 spiro atoms. The van der Waals surface area contributed by atoms with Gasteiger partial charge in [-0.05, 0) is 37.1 Å². The molecule has 1 aliphatic heterocycles. The standard InChI is InChI=1S/C18H20ClN3O3/c19-15-6-2-1-5-14(15)16-8-7-13(25-16)10-21-17(23)12-4-3-9-22(11-12)18(20)24/h1-2,5-8,12H,3-4,9-11H2,(H2,20,24)(H,21,23). The molecule has 2 aromatic rings. The van der Waals surface area contributed by atoms with E-state index in [1.165, 1.54) is 4.90 Å². The molecule has 1 unspecified atom stereocenters. The van der Waals surface area contributed by atoms with Gasteiger partial charge in [0.1, 0.15) is 11.5 Å². The van der Waals surface area contributed by atoms with Crippen molar-refractivity contribution in [3.05, 3.63) is 47.2 Å². The first-order valence-electron chi connectivity index (χ1n) is 8.20. The van der Waals surface area contributed by atoms with E-state index >= 15 is 0 Å². The van der Waals surface area contributed by atoms with Crippen LogP contribution in [0.4, 0.5) is 4.79 Å². The number of furan rings is 1. The predicted octanol–water partition coefficient (Wildman–Crippen LogP) is 3.01. The Hall–Kier alpha value is -2.47. The fourth-order valence-corrected chi connectivity index (χ4v) is 3.22. The SMILES string of the molecule is NC(=O)N1CCCC(C(=O)NCc2ccc(-c3ccccc3Cl)o2)C1. The molecule has 1 aromatic heterocycles. The number of carbonyl (C=O) groups excluding carboxylic acids is 2. The maximum atomic E-state index is 12.3. The molecule has 6 nitrogen and oxygen atoms in total. The monoisotopic (exact) mass is 361 g/mol. The number of nitrogens with two attached hydrogens (primary N) is 1. The van der Waals surface area contributed by atoms with Gasteiger partial charge in [-0.2, -0.15) is 0 Å². The van der Waals surface area contributed by atoms with Gasteiger partial charge < -0.3 is 20.4 Å². The zero-order chi connectivity index (χ0) is 17.8. The summed E-state index contributed by atoms with van der Waals surface area (Å²) in [6.45, 7) is 1.26. The van der Waals surface area contributed by atoms with Gasteiger partial charge in [-0.25, -0.2) is 4.79 Å². The van der Waals surface area contributed by atoms with E-state index in [0.717, 1.165) is 18.4 Å². The average molecular weight is 362 g/mol. The van der Waals surface area contributed by atoms with E-state index in [1.807, 2.05) is 30.3 Å². The summed E-state index contributed by atoms with van der Waals surface area (Å²) in [6.07, 6.45) is 1.52. The first kappa shape index (κ1) is 17.4. The molecule has 3 rings (SSSR count). The Morgan fingerprint density at radius 1 is 1.28 bits per heavy atom. The molecule has 7 heteroatoms. The zero-order valence-electron chi connectivity index (χ0n) is 13.7. The number of carbonyl (C=O) groups is 2. The molecule has 0 aliphatic carbocycles. The van der Waals surface area contributed by atoms with Crippen molar-refractivity contribution in [2.75, 3.05) is 13.1 Å². The fourth-order valence-electron chi connectivity index (χ4n) is 2.99. The second-order valence-corrected chi connectivity index (χ2v) is 6.49. The summed E-state index contributed by atoms with van der Waals surface area (Å²) in [5.41, 5.74) is 6.11. The minimum Gasteiger partial charge on any atom is -0.459 e. The lowest BCUT2D eigenvalue weighted by Gasteiger charge is -2.30. The lowest BCUT2D eigenvalue weighted by atomic mass is 9.97. The molecule has 1 atom stereocenters. The number of amides is 3. The van der Waals surface area contributed by atoms with Gasteiger partial charge in [-0.3, -0.25) is 4.79 Å². The van der Waals surface area contributed by atoms with E-state index in [4.69, 9.17) is 21.8 Å². The second-order valence-electron chi connectivity index (χ2n) is 6.09. The Balaban J connectivity index is 1.58. The zero-order valence-corrected chi connectivity index (χ0v) is 14.5. The Labute approximate surface area is 150 Å². The third kappa shape index (κ3) is 4.14. The predicted molar refractivity (Wildman–Crippen MR) is 94.9 cm³/mol. The summed E-state index contributed by atoms with van der Waals surface area (Å²) in [4.78, 5) is 25.1. The summed E-state index contributed by atoms with van der Waals surface area (Å²) in [5, 5.41) is 3.48. The molecule has 0 bridgehead atoms. The maximum absolute atomic E-state index is 12.3. The third-order valence-electron chi connectivity index (χ3n) is 4.34. The van der Waals surface area contributed by atoms with Crippen LogP contribution < -0.4 is 11.1 Å². The highest BCUT2D eigenvalue weighted by Crippen LogP contribution is 2.29. The van der Waals surface area contributed by atoms with Crippen LogP contribution in [0.25, 0.3) is 11.3 Å². The van der Waals surface area contributed by atoms with Crippen molar-refractivity contribution in [2.24, 2.45) is 11.7 Å². The molecular weight excluding hydrogens is 342 g/mol. The number of nitrogens with zero attached hydrogens (tertiary/aromatic N) is 1. The summed E-state index contributed by atoms with van der Waals surface area (Å²) in [5.74, 6) is 0.971. The smallest absolute Gasteiger partial charge is 0.314 e. The molecule has 1 aromatic carbocycles. The van der Waals surface area contributed by atoms with Gasteiger partial charge in [-0.15, -0.1) is 0 Å². The van der Waals surface area contributed by atoms with Crippen LogP contribution in [0.5, 0.6) is 0 Å². The second kappa shape index (κ2) is 7.61. The van der Waals surface area contributed by atoms with Crippen molar-refractivity contribution >= 4 is 23.5 Å². The summed E-state index contributed by atoms with van der Waals surface area (Å²) >= 11 is 6.16. The van der Waals surface area contributed by atoms with Crippen molar-refractivity contribution < 1.29 is 14.0 Å². The van der Waals surface area contributed by atoms with E-state index in [-0.39, 0.29) is 18.4 Å². The van der Waals surface area contributed by atoms with Gasteiger partial charge in [0.25, 0.3) is 0 Å². The van der Waals surface area contributed by atoms with E-state index in [2.05, 4.69) is 5.32 Å². The van der Waals surface area contributed by atoms with Gasteiger partial charge in [0.15, 0.2) is 0 Å². The van der Waals surface area contributed by atoms with Gasteiger partial charge in [0.05, 0.1) is 17.5 Å². The number of likely N-dealkylation sites (tertiary alicyclic amines) is 1. The molecule has 0 saturated carbocycles. The van der Waals surface area contributed by atoms with E-state index in [9.17, 15) is 9.59 Å². The number of benzene rings is 1. The average Bonchev–Trinajstić information content (AvgIpc) is 3.09. The molecular formula is C18H20ClN3O3. The number of nitrogens with one attached hydrogen (secondary N) is 1. The van der Waals surface area contributed by atoms with Gasteiger partial charge in [0.2, 0.25) is 5.91 Å². The van der Waals surface area contributed by atoms with Gasteiger partial charge in [-0.1, -0.05) is 23.7 Å². The summed E-state index contributed by atoms with van der Waals surface area (Å²) in [6, 6.07) is 10.6. The molecule has 1 fully saturated rings. The Kier molecular flexibility index (Phi) is 5.28. The number of rotatable bonds is 4. The quantitative estimate of drug-likeness (QED) is 0.877. The number of piperidine rings is 1. The molecule has 3 N–H and O–H groups in total. The molecule has 1 saturated heterocycles. The lowest BCUT2D eigenvalue weighted by Crippen LogP contribution is -2.47. The number of hydrogen-bond donors (Lipinski definition) is 2. The van der Waals surface area contributed by atoms with Crippen molar-refractivity contribution in [3.8, 4) is 11.3 Å². The highest BCUT2D eigenvalue weighted by atomic mass is 35.5. The van der Waals surface area contributed by atoms with E-state index in [0.29, 0.717) is 29.6 Å². The summed E-state index contributed by atoms with van der Waals surface area (Å²) in [7, 11) is 0. The van der Waals surface area contributed by atoms with Gasteiger partial charge in [0, 0.05) is 18.7 Å². The number of halogens is 1. The molecule has 3 amide bonds. The highest BCUT2D eigenvalue weighted by molar-refractivity contribution is 6.33. The number of hydrogen-bond acceptors (Lipinski definition) is 3. The Morgan fingerprint density at radius 2 is 2.08 bits per heavy atom. The van der Waals surface area contributed by atoms with Crippen molar-refractivity contribution in [1.29, 1.82) is 0 Å². The Bertz CT molecular complexity index is 774. The van der Waals surface area contributed by atoms with Crippen LogP contribution >= 0.6 is 11.6 Å². The maximum Gasteiger partial charge on any atom is 0.314 e. The minimum absolute atomic E-state index is 0.0957. The normalized spacial score (nSPS) is 17.3. The van der Waals surface area contributed by atoms with Crippen LogP contribution in [0.15, 0.2) is 40.8 Å². The van der Waals surface area contributed by atoms with E-state index < -0.39 is 6.03 Å². The third-order valence-corrected chi connectivity index (χ3v) is 4.67. The van der Waals surface area contributed by atoms with Crippen LogP contribution in [0.2, 0.25) is 5.02 Å². The first-order valence-corrected chi connectivity index (χ1v) is 8.58.